The molecule has 0 amide bonds. The van der Waals surface area contributed by atoms with Crippen molar-refractivity contribution in [3.63, 3.8) is 0 Å². The number of nitrogens with zero attached hydrogens (tertiary/aromatic N) is 6. The van der Waals surface area contributed by atoms with E-state index in [0.717, 1.165) is 33.1 Å². The summed E-state index contributed by atoms with van der Waals surface area (Å²) in [5.41, 5.74) is 9.35. The van der Waals surface area contributed by atoms with Crippen LogP contribution in [0.2, 0.25) is 0 Å². The predicted molar refractivity (Wildman–Crippen MR) is 132 cm³/mol. The molecule has 0 radical (unpaired) electrons. The zero-order valence-electron chi connectivity index (χ0n) is 19.0. The number of rotatable bonds is 7. The van der Waals surface area contributed by atoms with E-state index in [2.05, 4.69) is 30.6 Å². The quantitative estimate of drug-likeness (QED) is 0.316. The summed E-state index contributed by atoms with van der Waals surface area (Å²) >= 11 is 1.38. The van der Waals surface area contributed by atoms with Crippen molar-refractivity contribution in [1.82, 2.24) is 29.9 Å². The molecule has 5 aromatic rings. The number of benzene rings is 1. The SMILES string of the molecule is Cc1cn(CCNc2ncc(F)c(-c3cc4cccc(-c5cc(F)ncc5[C@@H](C)N)c4s3)n2)nn1. The molecule has 3 N–H and O–H groups in total. The van der Waals surface area contributed by atoms with E-state index < -0.39 is 11.8 Å². The van der Waals surface area contributed by atoms with Gasteiger partial charge in [-0.3, -0.25) is 4.68 Å². The highest BCUT2D eigenvalue weighted by Gasteiger charge is 2.18. The number of thiophene rings is 1. The van der Waals surface area contributed by atoms with Gasteiger partial charge in [0.25, 0.3) is 0 Å². The van der Waals surface area contributed by atoms with Crippen molar-refractivity contribution in [3.8, 4) is 21.7 Å². The fourth-order valence-electron chi connectivity index (χ4n) is 3.84. The predicted octanol–water partition coefficient (Wildman–Crippen LogP) is 4.73. The van der Waals surface area contributed by atoms with Crippen LogP contribution < -0.4 is 11.1 Å². The first kappa shape index (κ1) is 22.9. The number of nitrogens with one attached hydrogen (secondary N) is 1. The number of pyridine rings is 1. The third kappa shape index (κ3) is 4.73. The van der Waals surface area contributed by atoms with Crippen LogP contribution in [0.15, 0.2) is 48.9 Å². The van der Waals surface area contributed by atoms with Gasteiger partial charge in [-0.05, 0) is 36.4 Å². The number of fused-ring (bicyclic) bond motifs is 1. The summed E-state index contributed by atoms with van der Waals surface area (Å²) in [4.78, 5) is 12.9. The fraction of sp³-hybridized carbons (Fsp3) is 0.208. The highest BCUT2D eigenvalue weighted by atomic mass is 32.1. The van der Waals surface area contributed by atoms with Crippen LogP contribution in [-0.4, -0.2) is 36.5 Å². The van der Waals surface area contributed by atoms with Gasteiger partial charge >= 0.3 is 0 Å². The van der Waals surface area contributed by atoms with Crippen LogP contribution >= 0.6 is 11.3 Å². The minimum absolute atomic E-state index is 0.194. The van der Waals surface area contributed by atoms with Gasteiger partial charge < -0.3 is 11.1 Å². The zero-order chi connectivity index (χ0) is 24.5. The number of aryl methyl sites for hydroxylation is 1. The largest absolute Gasteiger partial charge is 0.352 e. The second-order valence-electron chi connectivity index (χ2n) is 8.16. The third-order valence-corrected chi connectivity index (χ3v) is 6.67. The lowest BCUT2D eigenvalue weighted by molar-refractivity contribution is 0.581. The first-order chi connectivity index (χ1) is 16.9. The highest BCUT2D eigenvalue weighted by molar-refractivity contribution is 7.22. The lowest BCUT2D eigenvalue weighted by Crippen LogP contribution is -2.13. The Morgan fingerprint density at radius 1 is 1.14 bits per heavy atom. The topological polar surface area (TPSA) is 107 Å². The Morgan fingerprint density at radius 2 is 2.00 bits per heavy atom. The molecule has 0 fully saturated rings. The first-order valence-electron chi connectivity index (χ1n) is 11.0. The van der Waals surface area contributed by atoms with Gasteiger partial charge in [-0.15, -0.1) is 16.4 Å². The van der Waals surface area contributed by atoms with E-state index in [-0.39, 0.29) is 11.7 Å². The van der Waals surface area contributed by atoms with Crippen molar-refractivity contribution in [1.29, 1.82) is 0 Å². The number of nitrogens with two attached hydrogens (primary N) is 1. The minimum atomic E-state index is -0.586. The number of halogens is 2. The highest BCUT2D eigenvalue weighted by Crippen LogP contribution is 2.41. The van der Waals surface area contributed by atoms with Gasteiger partial charge in [0.15, 0.2) is 5.82 Å². The average molecular weight is 493 g/mol. The van der Waals surface area contributed by atoms with Crippen LogP contribution in [0.1, 0.15) is 24.2 Å². The number of hydrogen-bond acceptors (Lipinski definition) is 8. The van der Waals surface area contributed by atoms with Crippen molar-refractivity contribution in [2.45, 2.75) is 26.4 Å². The van der Waals surface area contributed by atoms with Crippen LogP contribution in [0.4, 0.5) is 14.7 Å². The van der Waals surface area contributed by atoms with E-state index in [1.54, 1.807) is 4.68 Å². The van der Waals surface area contributed by atoms with Crippen molar-refractivity contribution in [3.05, 3.63) is 71.9 Å². The molecule has 0 bridgehead atoms. The summed E-state index contributed by atoms with van der Waals surface area (Å²) < 4.78 is 31.4. The van der Waals surface area contributed by atoms with Gasteiger partial charge in [-0.25, -0.2) is 19.3 Å². The first-order valence-corrected chi connectivity index (χ1v) is 11.8. The normalized spacial score (nSPS) is 12.3. The van der Waals surface area contributed by atoms with Crippen molar-refractivity contribution < 1.29 is 8.78 Å². The second kappa shape index (κ2) is 9.43. The van der Waals surface area contributed by atoms with Crippen molar-refractivity contribution in [2.75, 3.05) is 11.9 Å². The summed E-state index contributed by atoms with van der Waals surface area (Å²) in [6, 6.07) is 8.64. The summed E-state index contributed by atoms with van der Waals surface area (Å²) in [5, 5.41) is 11.9. The Labute approximate surface area is 203 Å². The molecular weight excluding hydrogens is 470 g/mol. The van der Waals surface area contributed by atoms with E-state index in [0.29, 0.717) is 29.5 Å². The zero-order valence-corrected chi connectivity index (χ0v) is 19.9. The molecule has 35 heavy (non-hydrogen) atoms. The summed E-state index contributed by atoms with van der Waals surface area (Å²) in [7, 11) is 0. The average Bonchev–Trinajstić information content (AvgIpc) is 3.45. The molecule has 11 heteroatoms. The van der Waals surface area contributed by atoms with Crippen molar-refractivity contribution >= 4 is 27.4 Å². The molecule has 1 aromatic carbocycles. The molecule has 4 heterocycles. The number of anilines is 1. The molecule has 0 aliphatic heterocycles. The Morgan fingerprint density at radius 3 is 2.77 bits per heavy atom. The molecule has 0 unspecified atom stereocenters. The van der Waals surface area contributed by atoms with Crippen LogP contribution in [0.3, 0.4) is 0 Å². The van der Waals surface area contributed by atoms with Crippen molar-refractivity contribution in [2.24, 2.45) is 5.73 Å². The maximum Gasteiger partial charge on any atom is 0.223 e. The second-order valence-corrected chi connectivity index (χ2v) is 9.21. The number of hydrogen-bond donors (Lipinski definition) is 2. The molecule has 0 aliphatic rings. The molecule has 5 rings (SSSR count). The van der Waals surface area contributed by atoms with E-state index >= 15 is 0 Å². The van der Waals surface area contributed by atoms with Gasteiger partial charge in [-0.2, -0.15) is 4.39 Å². The monoisotopic (exact) mass is 492 g/mol. The van der Waals surface area contributed by atoms with Crippen LogP contribution in [0.25, 0.3) is 31.8 Å². The maximum atomic E-state index is 14.8. The molecular formula is C24H22F2N8S. The molecule has 0 spiro atoms. The van der Waals surface area contributed by atoms with E-state index in [9.17, 15) is 8.78 Å². The molecule has 4 aromatic heterocycles. The summed E-state index contributed by atoms with van der Waals surface area (Å²) in [5.74, 6) is -0.801. The van der Waals surface area contributed by atoms with E-state index in [1.807, 2.05) is 44.3 Å². The summed E-state index contributed by atoms with van der Waals surface area (Å²) in [6.07, 6.45) is 4.45. The standard InChI is InChI=1S/C24H22F2N8S/c1-13-12-34(33-32-13)7-6-28-24-30-11-19(25)22(31-24)20-8-15-4-3-5-16(23(15)35-20)17-9-21(26)29-10-18(17)14(2)27/h3-5,8-12,14H,6-7,27H2,1-2H3,(H,28,30,31)/t14-/m1/s1. The lowest BCUT2D eigenvalue weighted by Gasteiger charge is -2.13. The van der Waals surface area contributed by atoms with Crippen LogP contribution in [-0.2, 0) is 6.54 Å². The Balaban J connectivity index is 1.48. The molecule has 0 saturated heterocycles. The van der Waals surface area contributed by atoms with Gasteiger partial charge in [-0.1, -0.05) is 23.4 Å². The number of aromatic nitrogens is 6. The van der Waals surface area contributed by atoms with Crippen LogP contribution in [0.5, 0.6) is 0 Å². The van der Waals surface area contributed by atoms with Crippen LogP contribution in [0, 0.1) is 18.7 Å². The summed E-state index contributed by atoms with van der Waals surface area (Å²) in [6.45, 7) is 4.75. The molecule has 1 atom stereocenters. The van der Waals surface area contributed by atoms with Gasteiger partial charge in [0.2, 0.25) is 11.9 Å². The fourth-order valence-corrected chi connectivity index (χ4v) is 5.02. The Kier molecular flexibility index (Phi) is 6.18. The molecule has 8 nitrogen and oxygen atoms in total. The molecule has 0 saturated carbocycles. The molecule has 0 aliphatic carbocycles. The van der Waals surface area contributed by atoms with Gasteiger partial charge in [0, 0.05) is 41.3 Å². The van der Waals surface area contributed by atoms with Gasteiger partial charge in [0.1, 0.15) is 5.69 Å². The lowest BCUT2D eigenvalue weighted by atomic mass is 9.97. The smallest absolute Gasteiger partial charge is 0.223 e. The molecule has 178 valence electrons. The third-order valence-electron chi connectivity index (χ3n) is 5.48. The van der Waals surface area contributed by atoms with E-state index in [1.165, 1.54) is 23.6 Å². The van der Waals surface area contributed by atoms with E-state index in [4.69, 9.17) is 5.73 Å². The Hall–Kier alpha value is -3.83. The maximum absolute atomic E-state index is 14.8. The van der Waals surface area contributed by atoms with Gasteiger partial charge in [0.05, 0.1) is 23.3 Å². The Bertz CT molecular complexity index is 1510. The minimum Gasteiger partial charge on any atom is -0.352 e.